The molecule has 9 nitrogen and oxygen atoms in total. The van der Waals surface area contributed by atoms with E-state index in [2.05, 4.69) is 5.32 Å². The highest BCUT2D eigenvalue weighted by atomic mass is 35.5. The first kappa shape index (κ1) is 19.3. The van der Waals surface area contributed by atoms with Gasteiger partial charge in [0.05, 0.1) is 23.3 Å². The smallest absolute Gasteiger partial charge is 0.282 e. The third-order valence-electron chi connectivity index (χ3n) is 4.17. The molecule has 144 valence electrons. The van der Waals surface area contributed by atoms with Crippen LogP contribution in [0.1, 0.15) is 27.1 Å². The van der Waals surface area contributed by atoms with E-state index >= 15 is 0 Å². The number of nitrogens with zero attached hydrogens (tertiary/aromatic N) is 2. The first-order chi connectivity index (χ1) is 13.3. The van der Waals surface area contributed by atoms with Crippen molar-refractivity contribution in [3.8, 4) is 5.75 Å². The maximum absolute atomic E-state index is 12.5. The quantitative estimate of drug-likeness (QED) is 0.450. The van der Waals surface area contributed by atoms with Crippen molar-refractivity contribution in [3.05, 3.63) is 62.7 Å². The number of benzene rings is 2. The highest BCUT2D eigenvalue weighted by molar-refractivity contribution is 6.31. The van der Waals surface area contributed by atoms with Crippen LogP contribution < -0.4 is 10.1 Å². The Morgan fingerprint density at radius 3 is 2.68 bits per heavy atom. The summed E-state index contributed by atoms with van der Waals surface area (Å²) in [7, 11) is 1.44. The average molecular weight is 404 g/mol. The molecule has 3 rings (SSSR count). The van der Waals surface area contributed by atoms with Crippen LogP contribution in [0.2, 0.25) is 5.02 Å². The van der Waals surface area contributed by atoms with Crippen molar-refractivity contribution in [2.45, 2.75) is 6.42 Å². The molecule has 0 saturated carbocycles. The second-order valence-corrected chi connectivity index (χ2v) is 6.30. The van der Waals surface area contributed by atoms with Gasteiger partial charge in [-0.25, -0.2) is 0 Å². The highest BCUT2D eigenvalue weighted by Crippen LogP contribution is 2.31. The number of rotatable bonds is 6. The number of ether oxygens (including phenoxy) is 1. The SMILES string of the molecule is COc1ccc(Cl)cc1NC(=O)CCN1C(=O)c2cccc([N+](=O)[O-])c2C1=O. The molecule has 0 spiro atoms. The van der Waals surface area contributed by atoms with Crippen molar-refractivity contribution in [3.63, 3.8) is 0 Å². The Morgan fingerprint density at radius 1 is 1.25 bits per heavy atom. The molecule has 0 unspecified atom stereocenters. The van der Waals surface area contributed by atoms with E-state index in [4.69, 9.17) is 16.3 Å². The molecule has 2 aromatic rings. The summed E-state index contributed by atoms with van der Waals surface area (Å²) in [5.41, 5.74) is -0.394. The number of methoxy groups -OCH3 is 1. The summed E-state index contributed by atoms with van der Waals surface area (Å²) in [6.07, 6.45) is -0.199. The molecule has 0 aromatic heterocycles. The lowest BCUT2D eigenvalue weighted by Crippen LogP contribution is -2.33. The summed E-state index contributed by atoms with van der Waals surface area (Å²) < 4.78 is 5.14. The van der Waals surface area contributed by atoms with Crippen LogP contribution in [0, 0.1) is 10.1 Å². The molecule has 0 saturated heterocycles. The number of hydrogen-bond donors (Lipinski definition) is 1. The van der Waals surface area contributed by atoms with Gasteiger partial charge in [0.2, 0.25) is 5.91 Å². The number of halogens is 1. The van der Waals surface area contributed by atoms with Gasteiger partial charge in [0, 0.05) is 24.1 Å². The van der Waals surface area contributed by atoms with Crippen LogP contribution in [-0.2, 0) is 4.79 Å². The van der Waals surface area contributed by atoms with Gasteiger partial charge in [-0.15, -0.1) is 0 Å². The molecular weight excluding hydrogens is 390 g/mol. The normalized spacial score (nSPS) is 12.7. The molecule has 3 amide bonds. The number of carbonyl (C=O) groups excluding carboxylic acids is 3. The first-order valence-corrected chi connectivity index (χ1v) is 8.48. The second kappa shape index (κ2) is 7.65. The number of imide groups is 1. The maximum atomic E-state index is 12.5. The van der Waals surface area contributed by atoms with Gasteiger partial charge in [-0.3, -0.25) is 29.4 Å². The van der Waals surface area contributed by atoms with E-state index in [1.807, 2.05) is 0 Å². The van der Waals surface area contributed by atoms with E-state index in [0.717, 1.165) is 11.0 Å². The van der Waals surface area contributed by atoms with Gasteiger partial charge in [-0.05, 0) is 24.3 Å². The van der Waals surface area contributed by atoms with E-state index in [0.29, 0.717) is 16.5 Å². The van der Waals surface area contributed by atoms with Crippen molar-refractivity contribution in [2.24, 2.45) is 0 Å². The topological polar surface area (TPSA) is 119 Å². The minimum Gasteiger partial charge on any atom is -0.495 e. The van der Waals surface area contributed by atoms with Crippen LogP contribution in [0.25, 0.3) is 0 Å². The van der Waals surface area contributed by atoms with Crippen LogP contribution in [0.5, 0.6) is 5.75 Å². The van der Waals surface area contributed by atoms with Crippen LogP contribution in [0.4, 0.5) is 11.4 Å². The zero-order valence-electron chi connectivity index (χ0n) is 14.6. The Kier molecular flexibility index (Phi) is 5.27. The molecule has 0 fully saturated rings. The average Bonchev–Trinajstić information content (AvgIpc) is 2.90. The summed E-state index contributed by atoms with van der Waals surface area (Å²) in [4.78, 5) is 48.4. The highest BCUT2D eigenvalue weighted by Gasteiger charge is 2.40. The minimum absolute atomic E-state index is 0.0453. The van der Waals surface area contributed by atoms with Crippen molar-refractivity contribution in [1.82, 2.24) is 4.90 Å². The monoisotopic (exact) mass is 403 g/mol. The Balaban J connectivity index is 1.72. The number of hydrogen-bond acceptors (Lipinski definition) is 6. The van der Waals surface area contributed by atoms with Crippen molar-refractivity contribution in [2.75, 3.05) is 19.0 Å². The van der Waals surface area contributed by atoms with E-state index < -0.39 is 28.3 Å². The van der Waals surface area contributed by atoms with Crippen LogP contribution >= 0.6 is 11.6 Å². The number of anilines is 1. The predicted octanol–water partition coefficient (Wildman–Crippen LogP) is 2.88. The number of carbonyl (C=O) groups is 3. The Bertz CT molecular complexity index is 1010. The molecule has 1 aliphatic rings. The fourth-order valence-electron chi connectivity index (χ4n) is 2.87. The lowest BCUT2D eigenvalue weighted by Gasteiger charge is -2.14. The molecule has 10 heteroatoms. The number of amides is 3. The second-order valence-electron chi connectivity index (χ2n) is 5.86. The van der Waals surface area contributed by atoms with Gasteiger partial charge in [0.1, 0.15) is 11.3 Å². The van der Waals surface area contributed by atoms with Crippen LogP contribution in [-0.4, -0.2) is 41.2 Å². The molecule has 0 aliphatic carbocycles. The minimum atomic E-state index is -0.791. The number of nitro groups is 1. The molecule has 2 aromatic carbocycles. The van der Waals surface area contributed by atoms with Gasteiger partial charge in [0.25, 0.3) is 17.5 Å². The molecule has 0 bridgehead atoms. The van der Waals surface area contributed by atoms with Crippen LogP contribution in [0.3, 0.4) is 0 Å². The van der Waals surface area contributed by atoms with E-state index in [1.165, 1.54) is 25.3 Å². The summed E-state index contributed by atoms with van der Waals surface area (Å²) in [6, 6.07) is 8.53. The first-order valence-electron chi connectivity index (χ1n) is 8.10. The standard InChI is InChI=1S/C18H14ClN3O6/c1-28-14-6-5-10(19)9-12(14)20-15(23)7-8-21-17(24)11-3-2-4-13(22(26)27)16(11)18(21)25/h2-6,9H,7-8H2,1H3,(H,20,23). The van der Waals surface area contributed by atoms with Gasteiger partial charge >= 0.3 is 0 Å². The number of nitro benzene ring substituents is 1. The van der Waals surface area contributed by atoms with E-state index in [1.54, 1.807) is 12.1 Å². The Morgan fingerprint density at radius 2 is 2.00 bits per heavy atom. The maximum Gasteiger partial charge on any atom is 0.282 e. The van der Waals surface area contributed by atoms with Gasteiger partial charge in [-0.1, -0.05) is 17.7 Å². The summed E-state index contributed by atoms with van der Waals surface area (Å²) >= 11 is 5.91. The van der Waals surface area contributed by atoms with Crippen molar-refractivity contribution >= 4 is 40.7 Å². The zero-order valence-corrected chi connectivity index (χ0v) is 15.4. The molecule has 1 aliphatic heterocycles. The van der Waals surface area contributed by atoms with Gasteiger partial charge in [0.15, 0.2) is 0 Å². The predicted molar refractivity (Wildman–Crippen MR) is 99.7 cm³/mol. The molecule has 1 N–H and O–H groups in total. The van der Waals surface area contributed by atoms with Crippen LogP contribution in [0.15, 0.2) is 36.4 Å². The lowest BCUT2D eigenvalue weighted by molar-refractivity contribution is -0.385. The van der Waals surface area contributed by atoms with Crippen molar-refractivity contribution in [1.29, 1.82) is 0 Å². The molecule has 0 radical (unpaired) electrons. The van der Waals surface area contributed by atoms with Crippen molar-refractivity contribution < 1.29 is 24.0 Å². The summed E-state index contributed by atoms with van der Waals surface area (Å²) in [5.74, 6) is -1.54. The lowest BCUT2D eigenvalue weighted by atomic mass is 10.1. The zero-order chi connectivity index (χ0) is 20.4. The fraction of sp³-hybridized carbons (Fsp3) is 0.167. The third kappa shape index (κ3) is 3.52. The number of fused-ring (bicyclic) bond motifs is 1. The fourth-order valence-corrected chi connectivity index (χ4v) is 3.05. The Hall–Kier alpha value is -3.46. The summed E-state index contributed by atoms with van der Waals surface area (Å²) in [5, 5.41) is 14.1. The molecule has 1 heterocycles. The number of nitrogens with one attached hydrogen (secondary N) is 1. The molecular formula is C18H14ClN3O6. The van der Waals surface area contributed by atoms with Gasteiger partial charge < -0.3 is 10.1 Å². The third-order valence-corrected chi connectivity index (χ3v) is 4.41. The molecule has 28 heavy (non-hydrogen) atoms. The largest absolute Gasteiger partial charge is 0.495 e. The van der Waals surface area contributed by atoms with E-state index in [9.17, 15) is 24.5 Å². The molecule has 0 atom stereocenters. The van der Waals surface area contributed by atoms with Gasteiger partial charge in [-0.2, -0.15) is 0 Å². The summed E-state index contributed by atoms with van der Waals surface area (Å²) in [6.45, 7) is -0.224. The van der Waals surface area contributed by atoms with E-state index in [-0.39, 0.29) is 24.1 Å². The Labute approximate surface area is 164 Å².